The first kappa shape index (κ1) is 15.5. The number of rotatable bonds is 7. The van der Waals surface area contributed by atoms with Crippen LogP contribution in [0.3, 0.4) is 0 Å². The van der Waals surface area contributed by atoms with Gasteiger partial charge in [-0.2, -0.15) is 0 Å². The zero-order valence-corrected chi connectivity index (χ0v) is 13.1. The normalized spacial score (nSPS) is 26.3. The van der Waals surface area contributed by atoms with Crippen LogP contribution in [0.15, 0.2) is 30.3 Å². The molecule has 20 heavy (non-hydrogen) atoms. The van der Waals surface area contributed by atoms with E-state index in [2.05, 4.69) is 49.5 Å². The van der Waals surface area contributed by atoms with Gasteiger partial charge in [-0.1, -0.05) is 44.2 Å². The minimum atomic E-state index is 0.121. The molecular weight excluding hydrogens is 250 g/mol. The van der Waals surface area contributed by atoms with Crippen molar-refractivity contribution in [3.05, 3.63) is 35.9 Å². The molecule has 1 aliphatic rings. The van der Waals surface area contributed by atoms with E-state index in [1.807, 2.05) is 6.92 Å². The molecule has 3 atom stereocenters. The average molecular weight is 277 g/mol. The average Bonchev–Trinajstić information content (AvgIpc) is 2.43. The Hall–Kier alpha value is -0.900. The Bertz CT molecular complexity index is 405. The Balaban J connectivity index is 1.86. The molecule has 3 nitrogen and oxygen atoms in total. The second-order valence-corrected chi connectivity index (χ2v) is 6.17. The highest BCUT2D eigenvalue weighted by Crippen LogP contribution is 2.28. The van der Waals surface area contributed by atoms with Crippen LogP contribution in [0.5, 0.6) is 0 Å². The molecule has 1 saturated carbocycles. The highest BCUT2D eigenvalue weighted by atomic mass is 16.5. The predicted molar refractivity (Wildman–Crippen MR) is 82.1 cm³/mol. The maximum atomic E-state index is 5.66. The SMILES string of the molecule is CCOC1CC(NCC(C)(C)c2ccccc2)C1OC. The molecule has 0 radical (unpaired) electrons. The maximum Gasteiger partial charge on any atom is 0.0986 e. The smallest absolute Gasteiger partial charge is 0.0986 e. The van der Waals surface area contributed by atoms with E-state index in [4.69, 9.17) is 9.47 Å². The van der Waals surface area contributed by atoms with Crippen molar-refractivity contribution in [2.45, 2.75) is 50.9 Å². The van der Waals surface area contributed by atoms with Gasteiger partial charge in [0.25, 0.3) is 0 Å². The number of ether oxygens (including phenoxy) is 2. The molecular formula is C17H27NO2. The molecule has 0 heterocycles. The fourth-order valence-corrected chi connectivity index (χ4v) is 2.85. The Labute approximate surface area is 122 Å². The maximum absolute atomic E-state index is 5.66. The molecule has 0 amide bonds. The first-order valence-corrected chi connectivity index (χ1v) is 7.52. The van der Waals surface area contributed by atoms with Gasteiger partial charge in [0.15, 0.2) is 0 Å². The minimum absolute atomic E-state index is 0.121. The van der Waals surface area contributed by atoms with Crippen molar-refractivity contribution in [1.29, 1.82) is 0 Å². The highest BCUT2D eigenvalue weighted by molar-refractivity contribution is 5.24. The molecule has 1 aliphatic carbocycles. The molecule has 0 bridgehead atoms. The monoisotopic (exact) mass is 277 g/mol. The van der Waals surface area contributed by atoms with Gasteiger partial charge in [0.2, 0.25) is 0 Å². The molecule has 0 aromatic heterocycles. The van der Waals surface area contributed by atoms with Crippen LogP contribution in [0.2, 0.25) is 0 Å². The predicted octanol–water partition coefficient (Wildman–Crippen LogP) is 2.75. The van der Waals surface area contributed by atoms with Crippen molar-refractivity contribution < 1.29 is 9.47 Å². The fourth-order valence-electron chi connectivity index (χ4n) is 2.85. The fraction of sp³-hybridized carbons (Fsp3) is 0.647. The van der Waals surface area contributed by atoms with Gasteiger partial charge in [-0.15, -0.1) is 0 Å². The van der Waals surface area contributed by atoms with E-state index >= 15 is 0 Å². The van der Waals surface area contributed by atoms with E-state index in [0.717, 1.165) is 19.6 Å². The van der Waals surface area contributed by atoms with Gasteiger partial charge in [-0.25, -0.2) is 0 Å². The Morgan fingerprint density at radius 1 is 1.25 bits per heavy atom. The van der Waals surface area contributed by atoms with Gasteiger partial charge < -0.3 is 14.8 Å². The summed E-state index contributed by atoms with van der Waals surface area (Å²) in [5.41, 5.74) is 1.48. The molecule has 1 aromatic carbocycles. The summed E-state index contributed by atoms with van der Waals surface area (Å²) in [5, 5.41) is 3.64. The Morgan fingerprint density at radius 3 is 2.55 bits per heavy atom. The molecule has 3 unspecified atom stereocenters. The standard InChI is InChI=1S/C17H27NO2/c1-5-20-15-11-14(16(15)19-4)18-12-17(2,3)13-9-7-6-8-10-13/h6-10,14-16,18H,5,11-12H2,1-4H3. The van der Waals surface area contributed by atoms with E-state index < -0.39 is 0 Å². The molecule has 1 N–H and O–H groups in total. The molecule has 112 valence electrons. The summed E-state index contributed by atoms with van der Waals surface area (Å²) in [7, 11) is 1.77. The number of nitrogens with one attached hydrogen (secondary N) is 1. The molecule has 1 aromatic rings. The summed E-state index contributed by atoms with van der Waals surface area (Å²) in [6.45, 7) is 8.28. The van der Waals surface area contributed by atoms with Crippen LogP contribution >= 0.6 is 0 Å². The van der Waals surface area contributed by atoms with Crippen molar-refractivity contribution >= 4 is 0 Å². The van der Waals surface area contributed by atoms with Crippen LogP contribution in [0.4, 0.5) is 0 Å². The van der Waals surface area contributed by atoms with E-state index in [0.29, 0.717) is 6.04 Å². The largest absolute Gasteiger partial charge is 0.377 e. The van der Waals surface area contributed by atoms with E-state index in [-0.39, 0.29) is 17.6 Å². The first-order chi connectivity index (χ1) is 9.58. The topological polar surface area (TPSA) is 30.5 Å². The third-order valence-electron chi connectivity index (χ3n) is 4.26. The van der Waals surface area contributed by atoms with Crippen molar-refractivity contribution in [1.82, 2.24) is 5.32 Å². The second kappa shape index (κ2) is 6.70. The Morgan fingerprint density at radius 2 is 1.95 bits per heavy atom. The molecule has 0 spiro atoms. The van der Waals surface area contributed by atoms with Crippen LogP contribution in [-0.4, -0.2) is 38.5 Å². The van der Waals surface area contributed by atoms with Crippen molar-refractivity contribution in [2.75, 3.05) is 20.3 Å². The second-order valence-electron chi connectivity index (χ2n) is 6.17. The molecule has 1 fully saturated rings. The lowest BCUT2D eigenvalue weighted by atomic mass is 9.81. The third-order valence-corrected chi connectivity index (χ3v) is 4.26. The number of methoxy groups -OCH3 is 1. The molecule has 2 rings (SSSR count). The third kappa shape index (κ3) is 3.40. The van der Waals surface area contributed by atoms with Crippen LogP contribution in [-0.2, 0) is 14.9 Å². The first-order valence-electron chi connectivity index (χ1n) is 7.52. The van der Waals surface area contributed by atoms with E-state index in [1.165, 1.54) is 5.56 Å². The van der Waals surface area contributed by atoms with Gasteiger partial charge in [0.05, 0.1) is 12.2 Å². The van der Waals surface area contributed by atoms with Crippen LogP contribution in [0.1, 0.15) is 32.8 Å². The van der Waals surface area contributed by atoms with Gasteiger partial charge in [0, 0.05) is 31.7 Å². The highest BCUT2D eigenvalue weighted by Gasteiger charge is 2.42. The molecule has 0 aliphatic heterocycles. The molecule has 0 saturated heterocycles. The number of hydrogen-bond acceptors (Lipinski definition) is 3. The summed E-state index contributed by atoms with van der Waals surface area (Å²) in [5.74, 6) is 0. The minimum Gasteiger partial charge on any atom is -0.377 e. The summed E-state index contributed by atoms with van der Waals surface area (Å²) in [6.07, 6.45) is 1.47. The van der Waals surface area contributed by atoms with Crippen molar-refractivity contribution in [3.63, 3.8) is 0 Å². The lowest BCUT2D eigenvalue weighted by Crippen LogP contribution is -2.61. The van der Waals surface area contributed by atoms with Gasteiger partial charge >= 0.3 is 0 Å². The van der Waals surface area contributed by atoms with Gasteiger partial charge in [-0.3, -0.25) is 0 Å². The molecule has 3 heteroatoms. The van der Waals surface area contributed by atoms with Crippen LogP contribution in [0.25, 0.3) is 0 Å². The summed E-state index contributed by atoms with van der Waals surface area (Å²) in [6, 6.07) is 11.1. The lowest BCUT2D eigenvalue weighted by molar-refractivity contribution is -0.131. The van der Waals surface area contributed by atoms with Gasteiger partial charge in [-0.05, 0) is 18.9 Å². The zero-order chi connectivity index (χ0) is 14.6. The zero-order valence-electron chi connectivity index (χ0n) is 13.1. The van der Waals surface area contributed by atoms with Crippen LogP contribution in [0, 0.1) is 0 Å². The summed E-state index contributed by atoms with van der Waals surface area (Å²) < 4.78 is 11.2. The van der Waals surface area contributed by atoms with E-state index in [1.54, 1.807) is 7.11 Å². The number of benzene rings is 1. The van der Waals surface area contributed by atoms with Crippen LogP contribution < -0.4 is 5.32 Å². The lowest BCUT2D eigenvalue weighted by Gasteiger charge is -2.44. The Kier molecular flexibility index (Phi) is 5.19. The number of hydrogen-bond donors (Lipinski definition) is 1. The van der Waals surface area contributed by atoms with Crippen molar-refractivity contribution in [2.24, 2.45) is 0 Å². The summed E-state index contributed by atoms with van der Waals surface area (Å²) >= 11 is 0. The van der Waals surface area contributed by atoms with Gasteiger partial charge in [0.1, 0.15) is 0 Å². The summed E-state index contributed by atoms with van der Waals surface area (Å²) in [4.78, 5) is 0. The van der Waals surface area contributed by atoms with E-state index in [9.17, 15) is 0 Å². The quantitative estimate of drug-likeness (QED) is 0.831. The van der Waals surface area contributed by atoms with Crippen molar-refractivity contribution in [3.8, 4) is 0 Å².